The van der Waals surface area contributed by atoms with Crippen LogP contribution in [0, 0.1) is 11.8 Å². The van der Waals surface area contributed by atoms with Crippen LogP contribution >= 0.6 is 0 Å². The van der Waals surface area contributed by atoms with Crippen LogP contribution in [0.4, 0.5) is 0 Å². The Morgan fingerprint density at radius 1 is 1.18 bits per heavy atom. The van der Waals surface area contributed by atoms with E-state index in [0.717, 1.165) is 25.6 Å². The summed E-state index contributed by atoms with van der Waals surface area (Å²) in [4.78, 5) is 29.1. The first-order valence-corrected chi connectivity index (χ1v) is 10.6. The number of nitrogens with one attached hydrogen (secondary N) is 1. The fourth-order valence-electron chi connectivity index (χ4n) is 4.30. The Hall–Kier alpha value is -1.86. The molecule has 0 unspecified atom stereocenters. The van der Waals surface area contributed by atoms with Gasteiger partial charge >= 0.3 is 0 Å². The maximum atomic E-state index is 12.3. The number of piperidine rings is 1. The van der Waals surface area contributed by atoms with Crippen LogP contribution in [-0.4, -0.2) is 78.2 Å². The van der Waals surface area contributed by atoms with E-state index in [0.29, 0.717) is 24.7 Å². The molecule has 0 bridgehead atoms. The highest BCUT2D eigenvalue weighted by molar-refractivity contribution is 5.92. The fraction of sp³-hybridized carbons (Fsp3) is 0.714. The van der Waals surface area contributed by atoms with E-state index in [9.17, 15) is 9.59 Å². The van der Waals surface area contributed by atoms with Gasteiger partial charge in [0.25, 0.3) is 5.91 Å². The summed E-state index contributed by atoms with van der Waals surface area (Å²) in [6.07, 6.45) is 6.87. The van der Waals surface area contributed by atoms with Crippen molar-refractivity contribution in [1.82, 2.24) is 19.7 Å². The van der Waals surface area contributed by atoms with Crippen molar-refractivity contribution in [2.24, 2.45) is 18.9 Å². The number of carbonyl (C=O) groups is 2. The second-order valence-corrected chi connectivity index (χ2v) is 8.63. The average molecular weight is 389 g/mol. The molecule has 3 heterocycles. The number of aryl methyl sites for hydroxylation is 1. The van der Waals surface area contributed by atoms with Crippen molar-refractivity contribution in [3.05, 3.63) is 24.0 Å². The third kappa shape index (κ3) is 4.94. The lowest BCUT2D eigenvalue weighted by atomic mass is 9.95. The van der Waals surface area contributed by atoms with E-state index < -0.39 is 0 Å². The predicted molar refractivity (Wildman–Crippen MR) is 106 cm³/mol. The van der Waals surface area contributed by atoms with Crippen molar-refractivity contribution in [3.63, 3.8) is 0 Å². The van der Waals surface area contributed by atoms with Gasteiger partial charge in [-0.05, 0) is 62.7 Å². The highest BCUT2D eigenvalue weighted by atomic mass is 16.5. The lowest BCUT2D eigenvalue weighted by Crippen LogP contribution is -2.52. The van der Waals surface area contributed by atoms with Gasteiger partial charge in [0.05, 0.1) is 6.10 Å². The number of morpholine rings is 1. The zero-order valence-corrected chi connectivity index (χ0v) is 16.8. The van der Waals surface area contributed by atoms with E-state index >= 15 is 0 Å². The summed E-state index contributed by atoms with van der Waals surface area (Å²) in [6, 6.07) is 3.64. The Kier molecular flexibility index (Phi) is 6.01. The molecule has 3 fully saturated rings. The molecule has 1 N–H and O–H groups in total. The van der Waals surface area contributed by atoms with Gasteiger partial charge in [-0.3, -0.25) is 9.59 Å². The van der Waals surface area contributed by atoms with E-state index in [1.54, 1.807) is 10.6 Å². The number of aromatic nitrogens is 1. The van der Waals surface area contributed by atoms with Crippen LogP contribution in [0.2, 0.25) is 0 Å². The predicted octanol–water partition coefficient (Wildman–Crippen LogP) is 1.10. The molecule has 28 heavy (non-hydrogen) atoms. The van der Waals surface area contributed by atoms with Gasteiger partial charge in [-0.15, -0.1) is 0 Å². The first kappa shape index (κ1) is 19.5. The van der Waals surface area contributed by atoms with Crippen molar-refractivity contribution >= 4 is 11.8 Å². The minimum absolute atomic E-state index is 0.0745. The van der Waals surface area contributed by atoms with Crippen LogP contribution in [-0.2, 0) is 16.6 Å². The standard InChI is InChI=1S/C21H32N4O3/c1-23-8-2-3-19(23)21(27)22-11-18-14-25(20(26)15-28-18)13-17-6-9-24(10-7-17)12-16-4-5-16/h2-3,8,16-18H,4-7,9-15H2,1H3,(H,22,27)/t18-/m0/s1. The molecule has 0 spiro atoms. The number of hydrogen-bond acceptors (Lipinski definition) is 4. The Balaban J connectivity index is 1.21. The normalized spacial score (nSPS) is 24.5. The third-order valence-electron chi connectivity index (χ3n) is 6.28. The highest BCUT2D eigenvalue weighted by Gasteiger charge is 2.31. The molecule has 1 atom stereocenters. The van der Waals surface area contributed by atoms with Crippen LogP contribution in [0.25, 0.3) is 0 Å². The Morgan fingerprint density at radius 3 is 2.61 bits per heavy atom. The maximum absolute atomic E-state index is 12.3. The highest BCUT2D eigenvalue weighted by Crippen LogP contribution is 2.31. The number of hydrogen-bond donors (Lipinski definition) is 1. The summed E-state index contributed by atoms with van der Waals surface area (Å²) < 4.78 is 7.45. The van der Waals surface area contributed by atoms with Gasteiger partial charge in [-0.25, -0.2) is 0 Å². The number of amides is 2. The lowest BCUT2D eigenvalue weighted by molar-refractivity contribution is -0.149. The molecule has 2 amide bonds. The van der Waals surface area contributed by atoms with Gasteiger partial charge in [-0.1, -0.05) is 0 Å². The van der Waals surface area contributed by atoms with Gasteiger partial charge in [0.15, 0.2) is 0 Å². The minimum atomic E-state index is -0.142. The van der Waals surface area contributed by atoms with E-state index in [-0.39, 0.29) is 24.5 Å². The van der Waals surface area contributed by atoms with Gasteiger partial charge in [0.2, 0.25) is 5.91 Å². The van der Waals surface area contributed by atoms with E-state index in [1.165, 1.54) is 32.2 Å². The Morgan fingerprint density at radius 2 is 1.93 bits per heavy atom. The van der Waals surface area contributed by atoms with Crippen molar-refractivity contribution in [2.75, 3.05) is 45.9 Å². The molecule has 0 radical (unpaired) electrons. The molecule has 3 aliphatic rings. The molecule has 1 aliphatic carbocycles. The number of carbonyl (C=O) groups excluding carboxylic acids is 2. The first-order chi connectivity index (χ1) is 13.6. The maximum Gasteiger partial charge on any atom is 0.267 e. The summed E-state index contributed by atoms with van der Waals surface area (Å²) in [5.41, 5.74) is 0.627. The zero-order valence-electron chi connectivity index (χ0n) is 16.8. The van der Waals surface area contributed by atoms with Crippen LogP contribution in [0.15, 0.2) is 18.3 Å². The smallest absolute Gasteiger partial charge is 0.267 e. The third-order valence-corrected chi connectivity index (χ3v) is 6.28. The molecule has 7 nitrogen and oxygen atoms in total. The molecule has 2 aliphatic heterocycles. The summed E-state index contributed by atoms with van der Waals surface area (Å²) >= 11 is 0. The number of likely N-dealkylation sites (tertiary alicyclic amines) is 1. The van der Waals surface area contributed by atoms with Crippen molar-refractivity contribution in [3.8, 4) is 0 Å². The molecule has 1 aromatic heterocycles. The Bertz CT molecular complexity index is 692. The van der Waals surface area contributed by atoms with Gasteiger partial charge in [-0.2, -0.15) is 0 Å². The first-order valence-electron chi connectivity index (χ1n) is 10.6. The lowest BCUT2D eigenvalue weighted by Gasteiger charge is -2.38. The molecule has 0 aromatic carbocycles. The van der Waals surface area contributed by atoms with Gasteiger partial charge in [0, 0.05) is 39.4 Å². The minimum Gasteiger partial charge on any atom is -0.365 e. The molecule has 4 rings (SSSR count). The van der Waals surface area contributed by atoms with Crippen LogP contribution < -0.4 is 5.32 Å². The topological polar surface area (TPSA) is 66.8 Å². The van der Waals surface area contributed by atoms with E-state index in [4.69, 9.17) is 4.74 Å². The molecular weight excluding hydrogens is 356 g/mol. The second-order valence-electron chi connectivity index (χ2n) is 8.63. The van der Waals surface area contributed by atoms with Crippen molar-refractivity contribution < 1.29 is 14.3 Å². The average Bonchev–Trinajstić information content (AvgIpc) is 3.41. The summed E-state index contributed by atoms with van der Waals surface area (Å²) in [5, 5.41) is 2.94. The Labute approximate surface area is 167 Å². The van der Waals surface area contributed by atoms with Crippen molar-refractivity contribution in [1.29, 1.82) is 0 Å². The number of nitrogens with zero attached hydrogens (tertiary/aromatic N) is 3. The molecule has 2 saturated heterocycles. The molecule has 7 heteroatoms. The molecular formula is C21H32N4O3. The largest absolute Gasteiger partial charge is 0.365 e. The van der Waals surface area contributed by atoms with Crippen LogP contribution in [0.1, 0.15) is 36.2 Å². The zero-order chi connectivity index (χ0) is 19.5. The van der Waals surface area contributed by atoms with E-state index in [2.05, 4.69) is 10.2 Å². The van der Waals surface area contributed by atoms with Gasteiger partial charge in [0.1, 0.15) is 12.3 Å². The van der Waals surface area contributed by atoms with Gasteiger partial charge < -0.3 is 24.4 Å². The van der Waals surface area contributed by atoms with Crippen LogP contribution in [0.3, 0.4) is 0 Å². The van der Waals surface area contributed by atoms with Crippen molar-refractivity contribution in [2.45, 2.75) is 31.8 Å². The quantitative estimate of drug-likeness (QED) is 0.760. The summed E-state index contributed by atoms with van der Waals surface area (Å²) in [7, 11) is 1.85. The van der Waals surface area contributed by atoms with E-state index in [1.807, 2.05) is 24.2 Å². The fourth-order valence-corrected chi connectivity index (χ4v) is 4.30. The number of ether oxygens (including phenoxy) is 1. The monoisotopic (exact) mass is 388 g/mol. The molecule has 1 aromatic rings. The second kappa shape index (κ2) is 8.66. The SMILES string of the molecule is Cn1cccc1C(=O)NC[C@H]1CN(CC2CCN(CC3CC3)CC2)C(=O)CO1. The molecule has 154 valence electrons. The summed E-state index contributed by atoms with van der Waals surface area (Å²) in [5.74, 6) is 1.49. The number of rotatable bonds is 7. The summed E-state index contributed by atoms with van der Waals surface area (Å²) in [6.45, 7) is 5.52. The molecule has 1 saturated carbocycles. The van der Waals surface area contributed by atoms with Crippen LogP contribution in [0.5, 0.6) is 0 Å².